The van der Waals surface area contributed by atoms with E-state index < -0.39 is 5.91 Å². The summed E-state index contributed by atoms with van der Waals surface area (Å²) in [6.45, 7) is 2.66. The SMILES string of the molecule is Cc1nc2ccccc2n1Cc1ccc(C(=O)N[C@@H]2CCC[C@@H]2C(=O)NO)cc1. The van der Waals surface area contributed by atoms with Crippen LogP contribution in [-0.2, 0) is 11.3 Å². The second-order valence-corrected chi connectivity index (χ2v) is 7.52. The maximum absolute atomic E-state index is 12.6. The van der Waals surface area contributed by atoms with Gasteiger partial charge in [-0.05, 0) is 49.6 Å². The molecule has 1 heterocycles. The summed E-state index contributed by atoms with van der Waals surface area (Å²) in [7, 11) is 0. The lowest BCUT2D eigenvalue weighted by Gasteiger charge is -2.19. The van der Waals surface area contributed by atoms with E-state index in [0.717, 1.165) is 35.3 Å². The fourth-order valence-electron chi connectivity index (χ4n) is 4.12. The predicted molar refractivity (Wildman–Crippen MR) is 109 cm³/mol. The van der Waals surface area contributed by atoms with Gasteiger partial charge in [-0.1, -0.05) is 30.7 Å². The smallest absolute Gasteiger partial charge is 0.251 e. The lowest BCUT2D eigenvalue weighted by Crippen LogP contribution is -2.43. The van der Waals surface area contributed by atoms with E-state index in [4.69, 9.17) is 5.21 Å². The van der Waals surface area contributed by atoms with E-state index >= 15 is 0 Å². The number of hydroxylamine groups is 1. The lowest BCUT2D eigenvalue weighted by molar-refractivity contribution is -0.133. The molecule has 2 atom stereocenters. The Labute approximate surface area is 168 Å². The molecule has 0 bridgehead atoms. The maximum atomic E-state index is 12.6. The fraction of sp³-hybridized carbons (Fsp3) is 0.318. The molecule has 3 N–H and O–H groups in total. The number of hydrogen-bond acceptors (Lipinski definition) is 4. The molecule has 4 rings (SSSR count). The number of hydrogen-bond donors (Lipinski definition) is 3. The Balaban J connectivity index is 1.45. The number of carbonyl (C=O) groups is 2. The molecule has 1 saturated carbocycles. The second-order valence-electron chi connectivity index (χ2n) is 7.52. The number of benzene rings is 2. The van der Waals surface area contributed by atoms with Crippen molar-refractivity contribution in [1.29, 1.82) is 0 Å². The van der Waals surface area contributed by atoms with Crippen LogP contribution in [0.2, 0.25) is 0 Å². The summed E-state index contributed by atoms with van der Waals surface area (Å²) in [4.78, 5) is 28.9. The van der Waals surface area contributed by atoms with Crippen LogP contribution in [0, 0.1) is 12.8 Å². The third-order valence-electron chi connectivity index (χ3n) is 5.68. The number of amides is 2. The van der Waals surface area contributed by atoms with Crippen LogP contribution in [0.4, 0.5) is 0 Å². The number of imidazole rings is 1. The van der Waals surface area contributed by atoms with E-state index in [1.54, 1.807) is 17.6 Å². The van der Waals surface area contributed by atoms with E-state index in [9.17, 15) is 9.59 Å². The minimum absolute atomic E-state index is 0.205. The molecule has 0 spiro atoms. The summed E-state index contributed by atoms with van der Waals surface area (Å²) in [6, 6.07) is 15.3. The molecular weight excluding hydrogens is 368 g/mol. The molecule has 29 heavy (non-hydrogen) atoms. The number of para-hydroxylation sites is 2. The molecule has 0 radical (unpaired) electrons. The first-order valence-corrected chi connectivity index (χ1v) is 9.82. The Morgan fingerprint density at radius 3 is 2.66 bits per heavy atom. The van der Waals surface area contributed by atoms with Crippen molar-refractivity contribution in [2.24, 2.45) is 5.92 Å². The summed E-state index contributed by atoms with van der Waals surface area (Å²) in [5.41, 5.74) is 5.38. The van der Waals surface area contributed by atoms with Crippen molar-refractivity contribution in [3.05, 3.63) is 65.5 Å². The summed E-state index contributed by atoms with van der Waals surface area (Å²) in [5.74, 6) is -0.0855. The zero-order chi connectivity index (χ0) is 20.4. The van der Waals surface area contributed by atoms with Crippen molar-refractivity contribution in [3.63, 3.8) is 0 Å². The van der Waals surface area contributed by atoms with Crippen LogP contribution in [0.5, 0.6) is 0 Å². The van der Waals surface area contributed by atoms with Crippen molar-refractivity contribution in [2.45, 2.75) is 38.8 Å². The van der Waals surface area contributed by atoms with Gasteiger partial charge < -0.3 is 9.88 Å². The minimum Gasteiger partial charge on any atom is -0.349 e. The molecule has 0 unspecified atom stereocenters. The summed E-state index contributed by atoms with van der Waals surface area (Å²) in [5, 5.41) is 11.8. The van der Waals surface area contributed by atoms with Crippen LogP contribution in [0.3, 0.4) is 0 Å². The molecule has 1 aliphatic carbocycles. The Morgan fingerprint density at radius 2 is 1.90 bits per heavy atom. The Kier molecular flexibility index (Phi) is 5.31. The van der Waals surface area contributed by atoms with Gasteiger partial charge in [0.2, 0.25) is 5.91 Å². The maximum Gasteiger partial charge on any atom is 0.251 e. The molecule has 2 amide bonds. The highest BCUT2D eigenvalue weighted by Gasteiger charge is 2.34. The van der Waals surface area contributed by atoms with Crippen LogP contribution >= 0.6 is 0 Å². The quantitative estimate of drug-likeness (QED) is 0.459. The van der Waals surface area contributed by atoms with Gasteiger partial charge in [0.15, 0.2) is 0 Å². The van der Waals surface area contributed by atoms with Crippen LogP contribution < -0.4 is 10.8 Å². The van der Waals surface area contributed by atoms with Gasteiger partial charge in [0, 0.05) is 18.2 Å². The zero-order valence-corrected chi connectivity index (χ0v) is 16.3. The fourth-order valence-corrected chi connectivity index (χ4v) is 4.12. The van der Waals surface area contributed by atoms with E-state index in [1.807, 2.05) is 37.3 Å². The Bertz CT molecular complexity index is 1040. The summed E-state index contributed by atoms with van der Waals surface area (Å²) in [6.07, 6.45) is 2.24. The van der Waals surface area contributed by atoms with Crippen LogP contribution in [0.1, 0.15) is 41.0 Å². The first-order valence-electron chi connectivity index (χ1n) is 9.82. The highest BCUT2D eigenvalue weighted by Crippen LogP contribution is 2.26. The van der Waals surface area contributed by atoms with Crippen molar-refractivity contribution < 1.29 is 14.8 Å². The third kappa shape index (κ3) is 3.86. The van der Waals surface area contributed by atoms with Crippen LogP contribution in [0.25, 0.3) is 11.0 Å². The van der Waals surface area contributed by atoms with Crippen molar-refractivity contribution >= 4 is 22.8 Å². The lowest BCUT2D eigenvalue weighted by atomic mass is 10.0. The monoisotopic (exact) mass is 392 g/mol. The molecule has 3 aromatic rings. The number of fused-ring (bicyclic) bond motifs is 1. The normalized spacial score (nSPS) is 18.7. The molecule has 150 valence electrons. The van der Waals surface area contributed by atoms with E-state index in [1.165, 1.54) is 0 Å². The van der Waals surface area contributed by atoms with Gasteiger partial charge in [-0.15, -0.1) is 0 Å². The average Bonchev–Trinajstić information content (AvgIpc) is 3.32. The van der Waals surface area contributed by atoms with Crippen LogP contribution in [-0.4, -0.2) is 32.6 Å². The zero-order valence-electron chi connectivity index (χ0n) is 16.3. The average molecular weight is 392 g/mol. The number of nitrogens with zero attached hydrogens (tertiary/aromatic N) is 2. The molecule has 0 aliphatic heterocycles. The number of carbonyl (C=O) groups excluding carboxylic acids is 2. The number of nitrogens with one attached hydrogen (secondary N) is 2. The van der Waals surface area contributed by atoms with E-state index in [-0.39, 0.29) is 17.9 Å². The van der Waals surface area contributed by atoms with Crippen molar-refractivity contribution in [1.82, 2.24) is 20.3 Å². The van der Waals surface area contributed by atoms with Crippen molar-refractivity contribution in [3.8, 4) is 0 Å². The molecule has 7 nitrogen and oxygen atoms in total. The second kappa shape index (κ2) is 8.05. The topological polar surface area (TPSA) is 96.2 Å². The van der Waals surface area contributed by atoms with E-state index in [0.29, 0.717) is 18.5 Å². The first-order chi connectivity index (χ1) is 14.1. The van der Waals surface area contributed by atoms with Gasteiger partial charge >= 0.3 is 0 Å². The van der Waals surface area contributed by atoms with Gasteiger partial charge in [0.25, 0.3) is 5.91 Å². The standard InChI is InChI=1S/C22H24N4O3/c1-14-23-19-6-2-3-8-20(19)26(14)13-15-9-11-16(12-10-15)21(27)24-18-7-4-5-17(18)22(28)25-29/h2-3,6,8-12,17-18,29H,4-5,7,13H2,1H3,(H,24,27)(H,25,28)/t17-,18+/m0/s1. The number of rotatable bonds is 5. The summed E-state index contributed by atoms with van der Waals surface area (Å²) < 4.78 is 2.15. The highest BCUT2D eigenvalue weighted by molar-refractivity contribution is 5.95. The number of aromatic nitrogens is 2. The Hall–Kier alpha value is -3.19. The van der Waals surface area contributed by atoms with Crippen LogP contribution in [0.15, 0.2) is 48.5 Å². The molecule has 1 aromatic heterocycles. The number of aryl methyl sites for hydroxylation is 1. The molecule has 0 saturated heterocycles. The van der Waals surface area contributed by atoms with Crippen molar-refractivity contribution in [2.75, 3.05) is 0 Å². The Morgan fingerprint density at radius 1 is 1.14 bits per heavy atom. The van der Waals surface area contributed by atoms with Gasteiger partial charge in [-0.25, -0.2) is 10.5 Å². The third-order valence-corrected chi connectivity index (χ3v) is 5.68. The minimum atomic E-state index is -0.439. The molecule has 1 fully saturated rings. The molecule has 7 heteroatoms. The van der Waals surface area contributed by atoms with Gasteiger partial charge in [0.05, 0.1) is 17.0 Å². The largest absolute Gasteiger partial charge is 0.349 e. The molecule has 2 aromatic carbocycles. The predicted octanol–water partition coefficient (Wildman–Crippen LogP) is 2.80. The van der Waals surface area contributed by atoms with Gasteiger partial charge in [-0.3, -0.25) is 14.8 Å². The molecule has 1 aliphatic rings. The highest BCUT2D eigenvalue weighted by atomic mass is 16.5. The first kappa shape index (κ1) is 19.1. The van der Waals surface area contributed by atoms with E-state index in [2.05, 4.69) is 20.9 Å². The van der Waals surface area contributed by atoms with Gasteiger partial charge in [-0.2, -0.15) is 0 Å². The summed E-state index contributed by atoms with van der Waals surface area (Å²) >= 11 is 0. The molecular formula is C22H24N4O3. The van der Waals surface area contributed by atoms with Gasteiger partial charge in [0.1, 0.15) is 5.82 Å².